The smallest absolute Gasteiger partial charge is 0.225 e. The van der Waals surface area contributed by atoms with Gasteiger partial charge in [-0.15, -0.1) is 0 Å². The van der Waals surface area contributed by atoms with Crippen LogP contribution in [0.5, 0.6) is 11.5 Å². The van der Waals surface area contributed by atoms with Gasteiger partial charge in [-0.2, -0.15) is 0 Å². The third-order valence-electron chi connectivity index (χ3n) is 4.97. The van der Waals surface area contributed by atoms with Gasteiger partial charge in [-0.3, -0.25) is 4.79 Å². The van der Waals surface area contributed by atoms with Crippen LogP contribution in [0.4, 0.5) is 0 Å². The lowest BCUT2D eigenvalue weighted by Gasteiger charge is -2.36. The van der Waals surface area contributed by atoms with Gasteiger partial charge in [0.25, 0.3) is 0 Å². The van der Waals surface area contributed by atoms with E-state index in [1.165, 1.54) is 6.42 Å². The summed E-state index contributed by atoms with van der Waals surface area (Å²) in [6.07, 6.45) is 3.53. The van der Waals surface area contributed by atoms with E-state index >= 15 is 0 Å². The lowest BCUT2D eigenvalue weighted by molar-refractivity contribution is -0.139. The van der Waals surface area contributed by atoms with Crippen LogP contribution in [-0.2, 0) is 4.79 Å². The highest BCUT2D eigenvalue weighted by Crippen LogP contribution is 2.43. The topological polar surface area (TPSA) is 38.8 Å². The molecule has 120 valence electrons. The molecular formula is C18H25NO3. The number of amides is 1. The number of hydrogen-bond donors (Lipinski definition) is 0. The van der Waals surface area contributed by atoms with Gasteiger partial charge in [0.15, 0.2) is 0 Å². The van der Waals surface area contributed by atoms with E-state index in [0.717, 1.165) is 24.3 Å². The number of ether oxygens (including phenoxy) is 2. The number of hydrogen-bond acceptors (Lipinski definition) is 3. The van der Waals surface area contributed by atoms with Crippen LogP contribution in [0.2, 0.25) is 0 Å². The molecule has 1 aromatic rings. The zero-order valence-corrected chi connectivity index (χ0v) is 13.6. The molecule has 2 fully saturated rings. The maximum atomic E-state index is 12.5. The van der Waals surface area contributed by atoms with E-state index in [2.05, 4.69) is 4.90 Å². The van der Waals surface area contributed by atoms with Gasteiger partial charge < -0.3 is 14.4 Å². The van der Waals surface area contributed by atoms with Crippen molar-refractivity contribution in [2.75, 3.05) is 13.7 Å². The fourth-order valence-corrected chi connectivity index (χ4v) is 3.80. The number of likely N-dealkylation sites (tertiary alicyclic amines) is 1. The number of methoxy groups -OCH3 is 1. The summed E-state index contributed by atoms with van der Waals surface area (Å²) in [4.78, 5) is 14.6. The minimum atomic E-state index is 0.0582. The molecule has 1 amide bonds. The van der Waals surface area contributed by atoms with Crippen molar-refractivity contribution in [2.24, 2.45) is 11.8 Å². The zero-order valence-electron chi connectivity index (χ0n) is 13.6. The van der Waals surface area contributed by atoms with Crippen LogP contribution in [-0.4, -0.2) is 36.6 Å². The van der Waals surface area contributed by atoms with Crippen molar-refractivity contribution in [3.05, 3.63) is 24.3 Å². The van der Waals surface area contributed by atoms with Gasteiger partial charge in [0.1, 0.15) is 18.1 Å². The predicted molar refractivity (Wildman–Crippen MR) is 85.1 cm³/mol. The van der Waals surface area contributed by atoms with Gasteiger partial charge >= 0.3 is 0 Å². The first-order valence-electron chi connectivity index (χ1n) is 8.19. The molecule has 1 saturated carbocycles. The Morgan fingerprint density at radius 3 is 2.55 bits per heavy atom. The van der Waals surface area contributed by atoms with E-state index < -0.39 is 0 Å². The van der Waals surface area contributed by atoms with Crippen LogP contribution in [0, 0.1) is 11.8 Å². The molecule has 2 bridgehead atoms. The molecule has 0 aromatic heterocycles. The SMILES string of the molecule is COc1ccc(OC[C@H]2[C@H]3CC[C@@H](C3)N2C(=O)C(C)C)cc1. The lowest BCUT2D eigenvalue weighted by Crippen LogP contribution is -2.49. The maximum Gasteiger partial charge on any atom is 0.225 e. The van der Waals surface area contributed by atoms with E-state index in [4.69, 9.17) is 9.47 Å². The second-order valence-corrected chi connectivity index (χ2v) is 6.68. The normalized spacial score (nSPS) is 26.5. The summed E-state index contributed by atoms with van der Waals surface area (Å²) >= 11 is 0. The summed E-state index contributed by atoms with van der Waals surface area (Å²) in [7, 11) is 1.65. The van der Waals surface area contributed by atoms with Crippen LogP contribution in [0.3, 0.4) is 0 Å². The van der Waals surface area contributed by atoms with Gasteiger partial charge in [-0.25, -0.2) is 0 Å². The quantitative estimate of drug-likeness (QED) is 0.839. The van der Waals surface area contributed by atoms with E-state index in [-0.39, 0.29) is 17.9 Å². The molecule has 1 aliphatic heterocycles. The molecule has 3 rings (SSSR count). The molecule has 1 aromatic carbocycles. The summed E-state index contributed by atoms with van der Waals surface area (Å²) in [5.41, 5.74) is 0. The van der Waals surface area contributed by atoms with Gasteiger partial charge in [0, 0.05) is 12.0 Å². The Morgan fingerprint density at radius 1 is 1.23 bits per heavy atom. The molecule has 3 atom stereocenters. The lowest BCUT2D eigenvalue weighted by atomic mass is 9.98. The van der Waals surface area contributed by atoms with E-state index in [1.54, 1.807) is 7.11 Å². The number of nitrogens with zero attached hydrogens (tertiary/aromatic N) is 1. The summed E-state index contributed by atoms with van der Waals surface area (Å²) in [6.45, 7) is 4.55. The van der Waals surface area contributed by atoms with Crippen LogP contribution >= 0.6 is 0 Å². The number of piperidine rings is 1. The molecule has 1 saturated heterocycles. The summed E-state index contributed by atoms with van der Waals surface area (Å²) < 4.78 is 11.1. The number of carbonyl (C=O) groups excluding carboxylic acids is 1. The van der Waals surface area contributed by atoms with Crippen molar-refractivity contribution in [1.82, 2.24) is 4.90 Å². The van der Waals surface area contributed by atoms with Crippen molar-refractivity contribution in [2.45, 2.75) is 45.2 Å². The van der Waals surface area contributed by atoms with Crippen LogP contribution < -0.4 is 9.47 Å². The van der Waals surface area contributed by atoms with Gasteiger partial charge in [-0.1, -0.05) is 13.8 Å². The average Bonchev–Trinajstić information content (AvgIpc) is 3.13. The Hall–Kier alpha value is -1.71. The molecule has 1 heterocycles. The van der Waals surface area contributed by atoms with E-state index in [9.17, 15) is 4.79 Å². The molecule has 0 N–H and O–H groups in total. The third kappa shape index (κ3) is 2.79. The van der Waals surface area contributed by atoms with Crippen LogP contribution in [0.1, 0.15) is 33.1 Å². The van der Waals surface area contributed by atoms with Crippen molar-refractivity contribution in [1.29, 1.82) is 0 Å². The van der Waals surface area contributed by atoms with Crippen molar-refractivity contribution in [3.63, 3.8) is 0 Å². The number of benzene rings is 1. The average molecular weight is 303 g/mol. The van der Waals surface area contributed by atoms with Gasteiger partial charge in [0.2, 0.25) is 5.91 Å². The van der Waals surface area contributed by atoms with Crippen molar-refractivity contribution in [3.8, 4) is 11.5 Å². The predicted octanol–water partition coefficient (Wildman–Crippen LogP) is 3.11. The molecule has 1 aliphatic carbocycles. The fourth-order valence-electron chi connectivity index (χ4n) is 3.80. The molecule has 0 spiro atoms. The minimum Gasteiger partial charge on any atom is -0.497 e. The summed E-state index contributed by atoms with van der Waals surface area (Å²) in [6, 6.07) is 8.29. The second-order valence-electron chi connectivity index (χ2n) is 6.68. The van der Waals surface area contributed by atoms with Crippen LogP contribution in [0.25, 0.3) is 0 Å². The van der Waals surface area contributed by atoms with Gasteiger partial charge in [-0.05, 0) is 49.4 Å². The molecular weight excluding hydrogens is 278 g/mol. The fraction of sp³-hybridized carbons (Fsp3) is 0.611. The van der Waals surface area contributed by atoms with E-state index in [0.29, 0.717) is 18.6 Å². The zero-order chi connectivity index (χ0) is 15.7. The monoisotopic (exact) mass is 303 g/mol. The summed E-state index contributed by atoms with van der Waals surface area (Å²) in [5.74, 6) is 2.59. The van der Waals surface area contributed by atoms with Crippen molar-refractivity contribution < 1.29 is 14.3 Å². The van der Waals surface area contributed by atoms with Gasteiger partial charge in [0.05, 0.1) is 13.2 Å². The molecule has 4 heteroatoms. The highest BCUT2D eigenvalue weighted by molar-refractivity contribution is 5.79. The Balaban J connectivity index is 1.66. The Bertz CT molecular complexity index is 526. The Morgan fingerprint density at radius 2 is 1.91 bits per heavy atom. The number of rotatable bonds is 5. The third-order valence-corrected chi connectivity index (χ3v) is 4.97. The molecule has 22 heavy (non-hydrogen) atoms. The molecule has 2 aliphatic rings. The number of carbonyl (C=O) groups is 1. The maximum absolute atomic E-state index is 12.5. The second kappa shape index (κ2) is 6.19. The molecule has 0 radical (unpaired) electrons. The molecule has 4 nitrogen and oxygen atoms in total. The summed E-state index contributed by atoms with van der Waals surface area (Å²) in [5, 5.41) is 0. The highest BCUT2D eigenvalue weighted by Gasteiger charge is 2.48. The first kappa shape index (κ1) is 15.2. The largest absolute Gasteiger partial charge is 0.497 e. The standard InChI is InChI=1S/C18H25NO3/c1-12(2)18(20)19-14-5-4-13(10-14)17(19)11-22-16-8-6-15(21-3)7-9-16/h6-9,12-14,17H,4-5,10-11H2,1-3H3/t13-,14-,17-/m0/s1. The van der Waals surface area contributed by atoms with E-state index in [1.807, 2.05) is 38.1 Å². The minimum absolute atomic E-state index is 0.0582. The van der Waals surface area contributed by atoms with Crippen molar-refractivity contribution >= 4 is 5.91 Å². The number of fused-ring (bicyclic) bond motifs is 2. The molecule has 0 unspecified atom stereocenters. The van der Waals surface area contributed by atoms with Crippen LogP contribution in [0.15, 0.2) is 24.3 Å². The Labute approximate surface area is 132 Å². The first-order valence-corrected chi connectivity index (χ1v) is 8.19. The highest BCUT2D eigenvalue weighted by atomic mass is 16.5. The Kier molecular flexibility index (Phi) is 4.27. The first-order chi connectivity index (χ1) is 10.6.